The molecule has 0 amide bonds. The van der Waals surface area contributed by atoms with Gasteiger partial charge in [-0.15, -0.1) is 0 Å². The van der Waals surface area contributed by atoms with Crippen LogP contribution in [0, 0.1) is 10.1 Å². The Morgan fingerprint density at radius 3 is 2.53 bits per heavy atom. The molecule has 2 atom stereocenters. The lowest BCUT2D eigenvalue weighted by atomic mass is 10.0. The summed E-state index contributed by atoms with van der Waals surface area (Å²) in [5, 5.41) is 10.7. The first-order valence-electron chi connectivity index (χ1n) is 6.31. The van der Waals surface area contributed by atoms with Crippen LogP contribution in [0.15, 0.2) is 18.2 Å². The van der Waals surface area contributed by atoms with E-state index < -0.39 is 4.92 Å². The standard InChI is InChI=1S/C13H18N2O4/c1-8-5-11(6-9(2)18-8)19-10-3-4-13(15(16)17)12(14)7-10/h3-4,7-9,11H,5-6,14H2,1-2H3. The Balaban J connectivity index is 2.07. The Morgan fingerprint density at radius 2 is 2.00 bits per heavy atom. The van der Waals surface area contributed by atoms with Crippen LogP contribution in [-0.4, -0.2) is 23.2 Å². The molecule has 0 radical (unpaired) electrons. The van der Waals surface area contributed by atoms with E-state index in [9.17, 15) is 10.1 Å². The number of hydrogen-bond acceptors (Lipinski definition) is 5. The van der Waals surface area contributed by atoms with Crippen molar-refractivity contribution in [2.75, 3.05) is 5.73 Å². The van der Waals surface area contributed by atoms with E-state index in [0.717, 1.165) is 12.8 Å². The average Bonchev–Trinajstić information content (AvgIpc) is 2.26. The normalized spacial score (nSPS) is 26.9. The molecule has 2 N–H and O–H groups in total. The van der Waals surface area contributed by atoms with Crippen LogP contribution in [0.3, 0.4) is 0 Å². The summed E-state index contributed by atoms with van der Waals surface area (Å²) in [6.07, 6.45) is 1.98. The minimum absolute atomic E-state index is 0.0552. The zero-order chi connectivity index (χ0) is 14.0. The molecule has 104 valence electrons. The van der Waals surface area contributed by atoms with Crippen LogP contribution in [0.4, 0.5) is 11.4 Å². The Labute approximate surface area is 111 Å². The summed E-state index contributed by atoms with van der Waals surface area (Å²) >= 11 is 0. The van der Waals surface area contributed by atoms with Gasteiger partial charge in [-0.2, -0.15) is 0 Å². The largest absolute Gasteiger partial charge is 0.490 e. The highest BCUT2D eigenvalue weighted by atomic mass is 16.6. The van der Waals surface area contributed by atoms with Gasteiger partial charge < -0.3 is 15.2 Å². The highest BCUT2D eigenvalue weighted by Gasteiger charge is 2.26. The van der Waals surface area contributed by atoms with E-state index in [2.05, 4.69) is 0 Å². The molecular formula is C13H18N2O4. The van der Waals surface area contributed by atoms with Gasteiger partial charge in [0.05, 0.1) is 17.1 Å². The van der Waals surface area contributed by atoms with Crippen LogP contribution in [0.2, 0.25) is 0 Å². The fraction of sp³-hybridized carbons (Fsp3) is 0.538. The predicted octanol–water partition coefficient (Wildman–Crippen LogP) is 2.51. The van der Waals surface area contributed by atoms with Gasteiger partial charge in [-0.05, 0) is 19.9 Å². The quantitative estimate of drug-likeness (QED) is 0.516. The van der Waals surface area contributed by atoms with E-state index in [1.165, 1.54) is 12.1 Å². The number of anilines is 1. The van der Waals surface area contributed by atoms with Crippen molar-refractivity contribution < 1.29 is 14.4 Å². The maximum Gasteiger partial charge on any atom is 0.292 e. The predicted molar refractivity (Wildman–Crippen MR) is 71.2 cm³/mol. The van der Waals surface area contributed by atoms with Gasteiger partial charge in [0.25, 0.3) is 5.69 Å². The maximum absolute atomic E-state index is 10.7. The molecule has 19 heavy (non-hydrogen) atoms. The number of ether oxygens (including phenoxy) is 2. The van der Waals surface area contributed by atoms with E-state index in [1.54, 1.807) is 6.07 Å². The fourth-order valence-corrected chi connectivity index (χ4v) is 2.41. The van der Waals surface area contributed by atoms with Crippen LogP contribution in [0.25, 0.3) is 0 Å². The van der Waals surface area contributed by atoms with Gasteiger partial charge in [-0.3, -0.25) is 10.1 Å². The first-order valence-corrected chi connectivity index (χ1v) is 6.31. The molecule has 1 aliphatic heterocycles. The SMILES string of the molecule is CC1CC(Oc2ccc([N+](=O)[O-])c(N)c2)CC(C)O1. The minimum Gasteiger partial charge on any atom is -0.490 e. The molecule has 1 fully saturated rings. The number of nitrogens with zero attached hydrogens (tertiary/aromatic N) is 1. The summed E-state index contributed by atoms with van der Waals surface area (Å²) in [7, 11) is 0. The molecule has 0 bridgehead atoms. The first-order chi connectivity index (χ1) is 8.95. The van der Waals surface area contributed by atoms with Crippen molar-refractivity contribution in [3.05, 3.63) is 28.3 Å². The molecule has 0 aromatic heterocycles. The molecule has 2 rings (SSSR count). The van der Waals surface area contributed by atoms with Gasteiger partial charge in [0.1, 0.15) is 17.5 Å². The van der Waals surface area contributed by atoms with Crippen molar-refractivity contribution in [2.24, 2.45) is 0 Å². The second-order valence-corrected chi connectivity index (χ2v) is 4.95. The molecule has 0 aliphatic carbocycles. The van der Waals surface area contributed by atoms with Gasteiger partial charge in [0.2, 0.25) is 0 Å². The van der Waals surface area contributed by atoms with Crippen molar-refractivity contribution in [1.82, 2.24) is 0 Å². The Hall–Kier alpha value is -1.82. The number of hydrogen-bond donors (Lipinski definition) is 1. The maximum atomic E-state index is 10.7. The third-order valence-electron chi connectivity index (χ3n) is 3.15. The van der Waals surface area contributed by atoms with E-state index in [-0.39, 0.29) is 29.7 Å². The number of nitro benzene ring substituents is 1. The average molecular weight is 266 g/mol. The van der Waals surface area contributed by atoms with Crippen molar-refractivity contribution in [1.29, 1.82) is 0 Å². The van der Waals surface area contributed by atoms with Crippen molar-refractivity contribution in [2.45, 2.75) is 45.0 Å². The summed E-state index contributed by atoms with van der Waals surface area (Å²) in [5.74, 6) is 0.564. The van der Waals surface area contributed by atoms with Crippen molar-refractivity contribution >= 4 is 11.4 Å². The van der Waals surface area contributed by atoms with Gasteiger partial charge in [-0.25, -0.2) is 0 Å². The van der Waals surface area contributed by atoms with Gasteiger partial charge >= 0.3 is 0 Å². The summed E-state index contributed by atoms with van der Waals surface area (Å²) in [5.41, 5.74) is 5.66. The summed E-state index contributed by atoms with van der Waals surface area (Å²) in [6, 6.07) is 4.46. The van der Waals surface area contributed by atoms with Crippen molar-refractivity contribution in [3.8, 4) is 5.75 Å². The molecule has 1 heterocycles. The van der Waals surface area contributed by atoms with Crippen molar-refractivity contribution in [3.63, 3.8) is 0 Å². The number of benzene rings is 1. The van der Waals surface area contributed by atoms with Crippen LogP contribution in [0.5, 0.6) is 5.75 Å². The van der Waals surface area contributed by atoms with Crippen LogP contribution in [-0.2, 0) is 4.74 Å². The molecule has 2 unspecified atom stereocenters. The summed E-state index contributed by atoms with van der Waals surface area (Å²) in [6.45, 7) is 4.02. The van der Waals surface area contributed by atoms with E-state index >= 15 is 0 Å². The van der Waals surface area contributed by atoms with E-state index in [1.807, 2.05) is 13.8 Å². The lowest BCUT2D eigenvalue weighted by Gasteiger charge is -2.32. The third kappa shape index (κ3) is 3.35. The van der Waals surface area contributed by atoms with Crippen LogP contribution in [0.1, 0.15) is 26.7 Å². The number of rotatable bonds is 3. The van der Waals surface area contributed by atoms with E-state index in [4.69, 9.17) is 15.2 Å². The molecule has 6 nitrogen and oxygen atoms in total. The van der Waals surface area contributed by atoms with Gasteiger partial charge in [0, 0.05) is 25.0 Å². The Morgan fingerprint density at radius 1 is 1.37 bits per heavy atom. The molecule has 1 aromatic rings. The monoisotopic (exact) mass is 266 g/mol. The smallest absolute Gasteiger partial charge is 0.292 e. The van der Waals surface area contributed by atoms with Gasteiger partial charge in [0.15, 0.2) is 0 Å². The topological polar surface area (TPSA) is 87.6 Å². The number of nitrogen functional groups attached to an aromatic ring is 1. The molecular weight excluding hydrogens is 248 g/mol. The highest BCUT2D eigenvalue weighted by molar-refractivity contribution is 5.60. The molecule has 1 saturated heterocycles. The molecule has 1 aliphatic rings. The summed E-state index contributed by atoms with van der Waals surface area (Å²) < 4.78 is 11.5. The third-order valence-corrected chi connectivity index (χ3v) is 3.15. The minimum atomic E-state index is -0.502. The van der Waals surface area contributed by atoms with E-state index in [0.29, 0.717) is 5.75 Å². The molecule has 0 spiro atoms. The van der Waals surface area contributed by atoms with Crippen LogP contribution >= 0.6 is 0 Å². The lowest BCUT2D eigenvalue weighted by molar-refractivity contribution is -0.383. The molecule has 0 saturated carbocycles. The number of nitrogens with two attached hydrogens (primary N) is 1. The molecule has 1 aromatic carbocycles. The molecule has 6 heteroatoms. The lowest BCUT2D eigenvalue weighted by Crippen LogP contribution is -2.35. The second-order valence-electron chi connectivity index (χ2n) is 4.95. The zero-order valence-corrected chi connectivity index (χ0v) is 11.0. The first kappa shape index (κ1) is 13.6. The number of nitro groups is 1. The zero-order valence-electron chi connectivity index (χ0n) is 11.0. The second kappa shape index (κ2) is 5.44. The fourth-order valence-electron chi connectivity index (χ4n) is 2.41. The Bertz CT molecular complexity index is 468. The summed E-state index contributed by atoms with van der Waals surface area (Å²) in [4.78, 5) is 10.2. The Kier molecular flexibility index (Phi) is 3.90. The highest BCUT2D eigenvalue weighted by Crippen LogP contribution is 2.29. The van der Waals surface area contributed by atoms with Crippen LogP contribution < -0.4 is 10.5 Å². The van der Waals surface area contributed by atoms with Gasteiger partial charge in [-0.1, -0.05) is 0 Å².